The van der Waals surface area contributed by atoms with Gasteiger partial charge in [0.1, 0.15) is 0 Å². The van der Waals surface area contributed by atoms with Crippen LogP contribution in [0.4, 0.5) is 11.4 Å². The van der Waals surface area contributed by atoms with E-state index in [-0.39, 0.29) is 11.8 Å². The number of carbonyl (C=O) groups is 1. The molecule has 1 aromatic heterocycles. The van der Waals surface area contributed by atoms with Gasteiger partial charge in [0.15, 0.2) is 5.88 Å². The van der Waals surface area contributed by atoms with Crippen molar-refractivity contribution in [1.82, 2.24) is 10.3 Å². The van der Waals surface area contributed by atoms with Crippen LogP contribution in [0.2, 0.25) is 0 Å². The zero-order valence-corrected chi connectivity index (χ0v) is 18.9. The summed E-state index contributed by atoms with van der Waals surface area (Å²) in [5.74, 6) is -0.137. The first kappa shape index (κ1) is 22.0. The van der Waals surface area contributed by atoms with Crippen LogP contribution in [0, 0.1) is 0 Å². The Hall–Kier alpha value is -4.84. The van der Waals surface area contributed by atoms with Gasteiger partial charge in [-0.3, -0.25) is 4.79 Å². The number of amides is 1. The normalized spacial score (nSPS) is 11.5. The van der Waals surface area contributed by atoms with Gasteiger partial charge >= 0.3 is 0 Å². The molecule has 172 valence electrons. The number of nitrogens with zero attached hydrogens (tertiary/aromatic N) is 1. The largest absolute Gasteiger partial charge is 0.494 e. The molecule has 0 aliphatic carbocycles. The second-order valence-corrected chi connectivity index (χ2v) is 8.20. The van der Waals surface area contributed by atoms with Gasteiger partial charge in [-0.15, -0.1) is 0 Å². The Bertz CT molecular complexity index is 1510. The van der Waals surface area contributed by atoms with Crippen LogP contribution in [0.3, 0.4) is 0 Å². The van der Waals surface area contributed by atoms with E-state index in [1.54, 1.807) is 30.3 Å². The fourth-order valence-electron chi connectivity index (χ4n) is 3.99. The number of nitrogens with one attached hydrogen (secondary N) is 2. The molecule has 0 saturated heterocycles. The quantitative estimate of drug-likeness (QED) is 0.197. The lowest BCUT2D eigenvalue weighted by Gasteiger charge is -2.09. The molecule has 5 rings (SSSR count). The number of benzene rings is 4. The minimum Gasteiger partial charge on any atom is -0.494 e. The Kier molecular flexibility index (Phi) is 6.01. The molecule has 0 aliphatic heterocycles. The Morgan fingerprint density at radius 2 is 1.54 bits per heavy atom. The van der Waals surface area contributed by atoms with Gasteiger partial charge in [-0.1, -0.05) is 60.7 Å². The van der Waals surface area contributed by atoms with Crippen LogP contribution in [-0.2, 0) is 6.54 Å². The summed E-state index contributed by atoms with van der Waals surface area (Å²) < 4.78 is 0. The van der Waals surface area contributed by atoms with E-state index in [1.165, 1.54) is 0 Å². The van der Waals surface area contributed by atoms with Gasteiger partial charge in [0.25, 0.3) is 5.91 Å². The first-order valence-electron chi connectivity index (χ1n) is 11.3. The molecular weight excluding hydrogens is 436 g/mol. The van der Waals surface area contributed by atoms with E-state index in [0.717, 1.165) is 22.0 Å². The topological polar surface area (TPSA) is 104 Å². The number of aromatic amines is 1. The lowest BCUT2D eigenvalue weighted by atomic mass is 10.0. The molecule has 1 heterocycles. The van der Waals surface area contributed by atoms with Gasteiger partial charge in [-0.05, 0) is 48.0 Å². The maximum absolute atomic E-state index is 12.6. The van der Waals surface area contributed by atoms with Crippen LogP contribution < -0.4 is 11.1 Å². The lowest BCUT2D eigenvalue weighted by molar-refractivity contribution is 0.0951. The Labute approximate surface area is 202 Å². The van der Waals surface area contributed by atoms with Gasteiger partial charge in [0, 0.05) is 34.3 Å². The number of anilines is 1. The van der Waals surface area contributed by atoms with Crippen molar-refractivity contribution in [2.45, 2.75) is 6.54 Å². The number of aromatic nitrogens is 1. The number of carbonyl (C=O) groups excluding carboxylic acids is 1. The average molecular weight is 461 g/mol. The minimum absolute atomic E-state index is 0.0186. The number of hydrogen-bond donors (Lipinski definition) is 4. The predicted octanol–water partition coefficient (Wildman–Crippen LogP) is 5.55. The molecule has 0 bridgehead atoms. The molecule has 5 N–H and O–H groups in total. The van der Waals surface area contributed by atoms with Crippen molar-refractivity contribution in [3.05, 3.63) is 125 Å². The monoisotopic (exact) mass is 460 g/mol. The molecule has 0 saturated carbocycles. The fourth-order valence-corrected chi connectivity index (χ4v) is 3.99. The number of rotatable bonds is 6. The van der Waals surface area contributed by atoms with Crippen molar-refractivity contribution < 1.29 is 9.90 Å². The molecular formula is C29H24N4O2. The zero-order chi connectivity index (χ0) is 24.2. The maximum atomic E-state index is 12.6. The highest BCUT2D eigenvalue weighted by Crippen LogP contribution is 2.32. The molecule has 0 atom stereocenters. The van der Waals surface area contributed by atoms with E-state index in [1.807, 2.05) is 72.8 Å². The summed E-state index contributed by atoms with van der Waals surface area (Å²) in [6, 6.07) is 31.9. The van der Waals surface area contributed by atoms with Gasteiger partial charge in [0.05, 0.1) is 17.0 Å². The second kappa shape index (κ2) is 9.57. The number of fused-ring (bicyclic) bond motifs is 1. The first-order valence-corrected chi connectivity index (χ1v) is 11.3. The Morgan fingerprint density at radius 1 is 0.857 bits per heavy atom. The summed E-state index contributed by atoms with van der Waals surface area (Å²) in [6.45, 7) is 0.459. The van der Waals surface area contributed by atoms with Crippen molar-refractivity contribution in [1.29, 1.82) is 0 Å². The average Bonchev–Trinajstić information content (AvgIpc) is 3.22. The molecule has 1 amide bonds. The molecule has 4 aromatic carbocycles. The van der Waals surface area contributed by atoms with E-state index < -0.39 is 0 Å². The molecule has 6 nitrogen and oxygen atoms in total. The van der Waals surface area contributed by atoms with E-state index in [4.69, 9.17) is 10.7 Å². The molecule has 0 radical (unpaired) electrons. The fraction of sp³-hybridized carbons (Fsp3) is 0.0345. The lowest BCUT2D eigenvalue weighted by Crippen LogP contribution is -2.22. The molecule has 0 aliphatic rings. The van der Waals surface area contributed by atoms with E-state index >= 15 is 0 Å². The number of H-pyrrole nitrogens is 1. The zero-order valence-electron chi connectivity index (χ0n) is 18.9. The highest BCUT2D eigenvalue weighted by atomic mass is 16.3. The molecule has 0 fully saturated rings. The van der Waals surface area contributed by atoms with Gasteiger partial charge in [0.2, 0.25) is 0 Å². The molecule has 0 spiro atoms. The smallest absolute Gasteiger partial charge is 0.251 e. The third kappa shape index (κ3) is 4.77. The van der Waals surface area contributed by atoms with E-state index in [2.05, 4.69) is 10.3 Å². The van der Waals surface area contributed by atoms with Gasteiger partial charge < -0.3 is 21.1 Å². The summed E-state index contributed by atoms with van der Waals surface area (Å²) >= 11 is 0. The predicted molar refractivity (Wildman–Crippen MR) is 140 cm³/mol. The summed E-state index contributed by atoms with van der Waals surface area (Å²) in [5.41, 5.74) is 11.6. The standard InChI is InChI=1S/C29H24N4O2/c30-22-13-16-25-24(17-22)26(29(35)33-25)27(20-9-5-2-6-10-20)32-23-14-11-21(12-15-23)28(34)31-18-19-7-3-1-4-8-19/h1-17,33,35H,18,30H2,(H,31,34). The third-order valence-electron chi connectivity index (χ3n) is 5.75. The number of aromatic hydroxyl groups is 1. The van der Waals surface area contributed by atoms with Crippen molar-refractivity contribution in [3.63, 3.8) is 0 Å². The van der Waals surface area contributed by atoms with Crippen molar-refractivity contribution in [2.24, 2.45) is 4.99 Å². The number of nitrogens with two attached hydrogens (primary N) is 1. The summed E-state index contributed by atoms with van der Waals surface area (Å²) in [5, 5.41) is 14.5. The number of hydrogen-bond acceptors (Lipinski definition) is 4. The van der Waals surface area contributed by atoms with Crippen LogP contribution in [0.1, 0.15) is 27.0 Å². The molecule has 6 heteroatoms. The highest BCUT2D eigenvalue weighted by Gasteiger charge is 2.19. The second-order valence-electron chi connectivity index (χ2n) is 8.20. The van der Waals surface area contributed by atoms with Crippen LogP contribution in [0.5, 0.6) is 5.88 Å². The minimum atomic E-state index is -0.155. The summed E-state index contributed by atoms with van der Waals surface area (Å²) in [6.07, 6.45) is 0. The maximum Gasteiger partial charge on any atom is 0.251 e. The van der Waals surface area contributed by atoms with Crippen LogP contribution in [0.25, 0.3) is 10.9 Å². The molecule has 5 aromatic rings. The van der Waals surface area contributed by atoms with Crippen molar-refractivity contribution >= 4 is 33.9 Å². The van der Waals surface area contributed by atoms with Crippen molar-refractivity contribution in [2.75, 3.05) is 5.73 Å². The Balaban J connectivity index is 1.48. The van der Waals surface area contributed by atoms with Crippen LogP contribution in [-0.4, -0.2) is 21.7 Å². The van der Waals surface area contributed by atoms with Gasteiger partial charge in [-0.25, -0.2) is 4.99 Å². The van der Waals surface area contributed by atoms with E-state index in [9.17, 15) is 9.90 Å². The molecule has 0 unspecified atom stereocenters. The number of nitrogen functional groups attached to an aromatic ring is 1. The Morgan fingerprint density at radius 3 is 2.26 bits per heavy atom. The van der Waals surface area contributed by atoms with Crippen molar-refractivity contribution in [3.8, 4) is 5.88 Å². The SMILES string of the molecule is Nc1ccc2[nH]c(O)c(C(=Nc3ccc(C(=O)NCc4ccccc4)cc3)c3ccccc3)c2c1. The molecule has 35 heavy (non-hydrogen) atoms. The van der Waals surface area contributed by atoms with Gasteiger partial charge in [-0.2, -0.15) is 0 Å². The third-order valence-corrected chi connectivity index (χ3v) is 5.75. The van der Waals surface area contributed by atoms with Crippen LogP contribution >= 0.6 is 0 Å². The number of aliphatic imine (C=N–C) groups is 1. The first-order chi connectivity index (χ1) is 17.1. The highest BCUT2D eigenvalue weighted by molar-refractivity contribution is 6.22. The van der Waals surface area contributed by atoms with E-state index in [0.29, 0.717) is 34.8 Å². The van der Waals surface area contributed by atoms with Crippen LogP contribution in [0.15, 0.2) is 108 Å². The summed E-state index contributed by atoms with van der Waals surface area (Å²) in [4.78, 5) is 20.5. The summed E-state index contributed by atoms with van der Waals surface area (Å²) in [7, 11) is 0.